The average molecular weight is 417 g/mol. The number of rotatable bonds is 6. The third-order valence-electron chi connectivity index (χ3n) is 4.22. The number of ether oxygens (including phenoxy) is 1. The molecule has 0 amide bonds. The van der Waals surface area contributed by atoms with Crippen molar-refractivity contribution in [2.24, 2.45) is 5.92 Å². The first-order valence-corrected chi connectivity index (χ1v) is 9.46. The number of phenolic OH excluding ortho intramolecular Hbond substituents is 1. The highest BCUT2D eigenvalue weighted by Gasteiger charge is 2.13. The van der Waals surface area contributed by atoms with Gasteiger partial charge >= 0.3 is 11.6 Å². The van der Waals surface area contributed by atoms with Crippen molar-refractivity contribution >= 4 is 34.6 Å². The van der Waals surface area contributed by atoms with Crippen LogP contribution in [0.4, 0.5) is 0 Å². The number of aryl methyl sites for hydroxylation is 1. The molecular weight excluding hydrogens is 396 g/mol. The van der Waals surface area contributed by atoms with E-state index in [1.165, 1.54) is 24.3 Å². The van der Waals surface area contributed by atoms with E-state index in [0.29, 0.717) is 39.8 Å². The molecule has 3 rings (SSSR count). The number of aromatic nitrogens is 2. The minimum atomic E-state index is -0.593. The minimum absolute atomic E-state index is 0.0250. The van der Waals surface area contributed by atoms with E-state index in [-0.39, 0.29) is 17.9 Å². The van der Waals surface area contributed by atoms with E-state index < -0.39 is 11.6 Å². The van der Waals surface area contributed by atoms with E-state index in [4.69, 9.17) is 20.8 Å². The summed E-state index contributed by atoms with van der Waals surface area (Å²) in [6.07, 6.45) is 2.84. The molecular formula is C21H21ClN2O5. The van der Waals surface area contributed by atoms with Crippen molar-refractivity contribution in [3.8, 4) is 5.75 Å². The molecule has 0 aliphatic rings. The molecule has 7 nitrogen and oxygen atoms in total. The van der Waals surface area contributed by atoms with Gasteiger partial charge in [0.1, 0.15) is 23.1 Å². The number of benzene rings is 1. The van der Waals surface area contributed by atoms with Gasteiger partial charge in [0.25, 0.3) is 0 Å². The van der Waals surface area contributed by atoms with Gasteiger partial charge in [0.2, 0.25) is 0 Å². The summed E-state index contributed by atoms with van der Waals surface area (Å²) < 4.78 is 12.0. The van der Waals surface area contributed by atoms with E-state index in [1.807, 2.05) is 6.92 Å². The Bertz CT molecular complexity index is 1140. The first-order valence-electron chi connectivity index (χ1n) is 9.08. The molecule has 0 fully saturated rings. The van der Waals surface area contributed by atoms with Gasteiger partial charge < -0.3 is 14.3 Å². The number of halogens is 1. The molecule has 2 aromatic heterocycles. The fraction of sp³-hybridized carbons (Fsp3) is 0.286. The second-order valence-corrected chi connectivity index (χ2v) is 7.44. The molecule has 29 heavy (non-hydrogen) atoms. The molecule has 1 N–H and O–H groups in total. The molecule has 0 bridgehead atoms. The SMILES string of the molecule is Cc1nn(CC(C)C)c(Cl)c1/C=C/C(=O)OCc1cc(=O)oc2cc(O)ccc12. The third-order valence-corrected chi connectivity index (χ3v) is 4.62. The molecule has 0 aliphatic carbocycles. The van der Waals surface area contributed by atoms with Crippen molar-refractivity contribution in [1.29, 1.82) is 0 Å². The van der Waals surface area contributed by atoms with Gasteiger partial charge in [-0.15, -0.1) is 0 Å². The number of fused-ring (bicyclic) bond motifs is 1. The van der Waals surface area contributed by atoms with Crippen molar-refractivity contribution in [2.45, 2.75) is 33.9 Å². The predicted molar refractivity (Wildman–Crippen MR) is 110 cm³/mol. The van der Waals surface area contributed by atoms with Crippen LogP contribution in [0.5, 0.6) is 5.75 Å². The maximum absolute atomic E-state index is 12.2. The first kappa shape index (κ1) is 20.7. The number of hydrogen-bond donors (Lipinski definition) is 1. The summed E-state index contributed by atoms with van der Waals surface area (Å²) in [5.74, 6) is -0.228. The Hall–Kier alpha value is -3.06. The number of aromatic hydroxyl groups is 1. The van der Waals surface area contributed by atoms with Crippen LogP contribution in [0.25, 0.3) is 17.0 Å². The topological polar surface area (TPSA) is 94.6 Å². The number of carbonyl (C=O) groups is 1. The van der Waals surface area contributed by atoms with Crippen LogP contribution in [-0.4, -0.2) is 20.9 Å². The summed E-state index contributed by atoms with van der Waals surface area (Å²) in [6.45, 7) is 6.51. The third kappa shape index (κ3) is 4.86. The van der Waals surface area contributed by atoms with E-state index in [9.17, 15) is 14.7 Å². The maximum atomic E-state index is 12.2. The molecule has 0 spiro atoms. The fourth-order valence-electron chi connectivity index (χ4n) is 2.91. The summed E-state index contributed by atoms with van der Waals surface area (Å²) in [5, 5.41) is 15.0. The quantitative estimate of drug-likeness (QED) is 0.370. The van der Waals surface area contributed by atoms with Crippen LogP contribution in [0.15, 0.2) is 39.6 Å². The Balaban J connectivity index is 1.73. The van der Waals surface area contributed by atoms with E-state index in [2.05, 4.69) is 18.9 Å². The van der Waals surface area contributed by atoms with Gasteiger partial charge in [-0.1, -0.05) is 25.4 Å². The highest BCUT2D eigenvalue weighted by Crippen LogP contribution is 2.23. The standard InChI is InChI=1S/C21H21ClN2O5/c1-12(2)10-24-21(22)16(13(3)23-24)6-7-19(26)28-11-14-8-20(27)29-18-9-15(25)4-5-17(14)18/h4-9,12,25H,10-11H2,1-3H3/b7-6+. The maximum Gasteiger partial charge on any atom is 0.336 e. The molecule has 2 heterocycles. The second kappa shape index (κ2) is 8.53. The van der Waals surface area contributed by atoms with Crippen LogP contribution in [-0.2, 0) is 22.7 Å². The molecule has 0 aliphatic heterocycles. The summed E-state index contributed by atoms with van der Waals surface area (Å²) in [4.78, 5) is 23.8. The number of carbonyl (C=O) groups excluding carboxylic acids is 1. The van der Waals surface area contributed by atoms with Crippen LogP contribution in [0.2, 0.25) is 5.15 Å². The van der Waals surface area contributed by atoms with Gasteiger partial charge in [0.15, 0.2) is 0 Å². The summed E-state index contributed by atoms with van der Waals surface area (Å²) >= 11 is 6.36. The highest BCUT2D eigenvalue weighted by molar-refractivity contribution is 6.31. The predicted octanol–water partition coefficient (Wildman–Crippen LogP) is 4.07. The van der Waals surface area contributed by atoms with Gasteiger partial charge in [-0.3, -0.25) is 4.68 Å². The lowest BCUT2D eigenvalue weighted by atomic mass is 10.1. The normalized spacial score (nSPS) is 11.6. The van der Waals surface area contributed by atoms with Gasteiger partial charge in [0, 0.05) is 41.3 Å². The average Bonchev–Trinajstić information content (AvgIpc) is 2.89. The summed E-state index contributed by atoms with van der Waals surface area (Å²) in [7, 11) is 0. The molecule has 152 valence electrons. The monoisotopic (exact) mass is 416 g/mol. The Labute approximate surface area is 172 Å². The second-order valence-electron chi connectivity index (χ2n) is 7.08. The molecule has 8 heteroatoms. The number of phenols is 1. The van der Waals surface area contributed by atoms with Crippen LogP contribution >= 0.6 is 11.6 Å². The van der Waals surface area contributed by atoms with E-state index in [0.717, 1.165) is 0 Å². The molecule has 3 aromatic rings. The zero-order valence-electron chi connectivity index (χ0n) is 16.3. The summed E-state index contributed by atoms with van der Waals surface area (Å²) in [6, 6.07) is 5.65. The van der Waals surface area contributed by atoms with Crippen LogP contribution < -0.4 is 5.63 Å². The van der Waals surface area contributed by atoms with Crippen molar-refractivity contribution in [3.05, 3.63) is 62.7 Å². The first-order chi connectivity index (χ1) is 13.7. The van der Waals surface area contributed by atoms with Crippen molar-refractivity contribution in [2.75, 3.05) is 0 Å². The van der Waals surface area contributed by atoms with E-state index in [1.54, 1.807) is 16.8 Å². The fourth-order valence-corrected chi connectivity index (χ4v) is 3.22. The molecule has 0 radical (unpaired) electrons. The summed E-state index contributed by atoms with van der Waals surface area (Å²) in [5.41, 5.74) is 1.48. The Morgan fingerprint density at radius 3 is 2.86 bits per heavy atom. The molecule has 0 atom stereocenters. The lowest BCUT2D eigenvalue weighted by molar-refractivity contribution is -0.138. The zero-order chi connectivity index (χ0) is 21.1. The minimum Gasteiger partial charge on any atom is -0.508 e. The molecule has 0 saturated carbocycles. The molecule has 0 saturated heterocycles. The van der Waals surface area contributed by atoms with Gasteiger partial charge in [-0.05, 0) is 31.1 Å². The Morgan fingerprint density at radius 2 is 2.14 bits per heavy atom. The van der Waals surface area contributed by atoms with Crippen molar-refractivity contribution < 1.29 is 19.1 Å². The highest BCUT2D eigenvalue weighted by atomic mass is 35.5. The van der Waals surface area contributed by atoms with Crippen molar-refractivity contribution in [1.82, 2.24) is 9.78 Å². The number of nitrogens with zero attached hydrogens (tertiary/aromatic N) is 2. The number of esters is 1. The lowest BCUT2D eigenvalue weighted by Crippen LogP contribution is -2.06. The van der Waals surface area contributed by atoms with Crippen LogP contribution in [0.3, 0.4) is 0 Å². The van der Waals surface area contributed by atoms with E-state index >= 15 is 0 Å². The van der Waals surface area contributed by atoms with Gasteiger partial charge in [0.05, 0.1) is 5.69 Å². The van der Waals surface area contributed by atoms with Gasteiger partial charge in [-0.25, -0.2) is 9.59 Å². The smallest absolute Gasteiger partial charge is 0.336 e. The largest absolute Gasteiger partial charge is 0.508 e. The Kier molecular flexibility index (Phi) is 6.08. The van der Waals surface area contributed by atoms with Crippen LogP contribution in [0.1, 0.15) is 30.7 Å². The zero-order valence-corrected chi connectivity index (χ0v) is 17.1. The Morgan fingerprint density at radius 1 is 1.38 bits per heavy atom. The van der Waals surface area contributed by atoms with Crippen LogP contribution in [0, 0.1) is 12.8 Å². The molecule has 0 unspecified atom stereocenters. The number of hydrogen-bond acceptors (Lipinski definition) is 6. The van der Waals surface area contributed by atoms with Crippen molar-refractivity contribution in [3.63, 3.8) is 0 Å². The van der Waals surface area contributed by atoms with Gasteiger partial charge in [-0.2, -0.15) is 5.10 Å². The molecule has 1 aromatic carbocycles. The lowest BCUT2D eigenvalue weighted by Gasteiger charge is -2.06.